The van der Waals surface area contributed by atoms with Crippen LogP contribution >= 0.6 is 0 Å². The molecular weight excluding hydrogens is 266 g/mol. The van der Waals surface area contributed by atoms with Crippen molar-refractivity contribution < 1.29 is 9.47 Å². The quantitative estimate of drug-likeness (QED) is 0.679. The Balaban J connectivity index is 2.67. The molecule has 0 bridgehead atoms. The van der Waals surface area contributed by atoms with Gasteiger partial charge in [0.15, 0.2) is 0 Å². The van der Waals surface area contributed by atoms with Crippen molar-refractivity contribution >= 4 is 5.69 Å². The second-order valence-corrected chi connectivity index (χ2v) is 5.23. The Kier molecular flexibility index (Phi) is 8.98. The zero-order valence-corrected chi connectivity index (χ0v) is 13.8. The van der Waals surface area contributed by atoms with E-state index in [1.165, 1.54) is 0 Å². The molecule has 1 unspecified atom stereocenters. The van der Waals surface area contributed by atoms with Crippen LogP contribution in [0.3, 0.4) is 0 Å². The molecule has 1 rings (SSSR count). The fourth-order valence-electron chi connectivity index (χ4n) is 2.16. The van der Waals surface area contributed by atoms with E-state index in [1.807, 2.05) is 12.3 Å². The number of aromatic nitrogens is 1. The summed E-state index contributed by atoms with van der Waals surface area (Å²) in [7, 11) is 3.46. The Morgan fingerprint density at radius 3 is 2.81 bits per heavy atom. The fraction of sp³-hybridized carbons (Fsp3) is 0.688. The molecule has 21 heavy (non-hydrogen) atoms. The highest BCUT2D eigenvalue weighted by molar-refractivity contribution is 5.43. The maximum absolute atomic E-state index is 5.26. The predicted octanol–water partition coefficient (Wildman–Crippen LogP) is 2.39. The molecule has 0 radical (unpaired) electrons. The molecule has 0 spiro atoms. The van der Waals surface area contributed by atoms with Gasteiger partial charge in [-0.15, -0.1) is 0 Å². The molecule has 1 heterocycles. The molecular formula is C16H29N3O2. The van der Waals surface area contributed by atoms with Gasteiger partial charge in [-0.3, -0.25) is 9.88 Å². The van der Waals surface area contributed by atoms with Crippen LogP contribution in [0.4, 0.5) is 5.69 Å². The molecule has 5 heteroatoms. The van der Waals surface area contributed by atoms with Crippen molar-refractivity contribution in [2.75, 3.05) is 45.8 Å². The van der Waals surface area contributed by atoms with Gasteiger partial charge in [-0.2, -0.15) is 0 Å². The number of rotatable bonds is 11. The number of hydrogen-bond donors (Lipinski definition) is 1. The molecule has 1 atom stereocenters. The number of pyridine rings is 1. The average molecular weight is 295 g/mol. The van der Waals surface area contributed by atoms with Gasteiger partial charge < -0.3 is 14.8 Å². The van der Waals surface area contributed by atoms with Crippen LogP contribution in [-0.4, -0.2) is 56.4 Å². The molecule has 0 amide bonds. The second kappa shape index (κ2) is 10.5. The van der Waals surface area contributed by atoms with Crippen LogP contribution in [0.15, 0.2) is 18.3 Å². The van der Waals surface area contributed by atoms with Crippen LogP contribution in [-0.2, 0) is 16.0 Å². The molecule has 5 nitrogen and oxygen atoms in total. The summed E-state index contributed by atoms with van der Waals surface area (Å²) < 4.78 is 10.5. The van der Waals surface area contributed by atoms with E-state index in [2.05, 4.69) is 35.1 Å². The third kappa shape index (κ3) is 6.89. The van der Waals surface area contributed by atoms with E-state index in [-0.39, 0.29) is 0 Å². The lowest BCUT2D eigenvalue weighted by molar-refractivity contribution is 0.0698. The summed E-state index contributed by atoms with van der Waals surface area (Å²) in [6, 6.07) is 4.46. The SMILES string of the molecule is CCCNc1ccnc(CN(CCOC)C(C)COC)c1. The number of hydrogen-bond acceptors (Lipinski definition) is 5. The van der Waals surface area contributed by atoms with E-state index in [0.29, 0.717) is 19.3 Å². The van der Waals surface area contributed by atoms with Crippen LogP contribution in [0.2, 0.25) is 0 Å². The van der Waals surface area contributed by atoms with Crippen molar-refractivity contribution in [2.45, 2.75) is 32.9 Å². The smallest absolute Gasteiger partial charge is 0.0615 e. The Morgan fingerprint density at radius 1 is 1.33 bits per heavy atom. The van der Waals surface area contributed by atoms with Gasteiger partial charge in [0, 0.05) is 51.8 Å². The molecule has 0 aromatic carbocycles. The normalized spacial score (nSPS) is 12.6. The second-order valence-electron chi connectivity index (χ2n) is 5.23. The lowest BCUT2D eigenvalue weighted by Gasteiger charge is -2.28. The van der Waals surface area contributed by atoms with Crippen molar-refractivity contribution in [2.24, 2.45) is 0 Å². The zero-order valence-electron chi connectivity index (χ0n) is 13.8. The lowest BCUT2D eigenvalue weighted by atomic mass is 10.2. The number of nitrogens with zero attached hydrogens (tertiary/aromatic N) is 2. The Hall–Kier alpha value is -1.17. The van der Waals surface area contributed by atoms with E-state index >= 15 is 0 Å². The molecule has 0 fully saturated rings. The first kappa shape index (κ1) is 17.9. The maximum atomic E-state index is 5.26. The van der Waals surface area contributed by atoms with Gasteiger partial charge in [0.1, 0.15) is 0 Å². The molecule has 0 aliphatic carbocycles. The van der Waals surface area contributed by atoms with Crippen LogP contribution in [0.1, 0.15) is 26.0 Å². The molecule has 1 aromatic rings. The van der Waals surface area contributed by atoms with Gasteiger partial charge in [-0.1, -0.05) is 6.92 Å². The Labute approximate surface area is 128 Å². The number of ether oxygens (including phenoxy) is 2. The molecule has 120 valence electrons. The number of nitrogens with one attached hydrogen (secondary N) is 1. The summed E-state index contributed by atoms with van der Waals surface area (Å²) in [5.41, 5.74) is 2.20. The first-order chi connectivity index (χ1) is 10.2. The van der Waals surface area contributed by atoms with Crippen molar-refractivity contribution in [1.29, 1.82) is 0 Å². The molecule has 0 saturated carbocycles. The van der Waals surface area contributed by atoms with Crippen molar-refractivity contribution in [3.63, 3.8) is 0 Å². The summed E-state index contributed by atoms with van der Waals surface area (Å²) in [5.74, 6) is 0. The summed E-state index contributed by atoms with van der Waals surface area (Å²) in [6.45, 7) is 8.40. The van der Waals surface area contributed by atoms with E-state index in [9.17, 15) is 0 Å². The lowest BCUT2D eigenvalue weighted by Crippen LogP contribution is -2.38. The summed E-state index contributed by atoms with van der Waals surface area (Å²) >= 11 is 0. The van der Waals surface area contributed by atoms with Gasteiger partial charge >= 0.3 is 0 Å². The molecule has 0 aliphatic rings. The van der Waals surface area contributed by atoms with E-state index in [0.717, 1.165) is 37.4 Å². The van der Waals surface area contributed by atoms with Crippen molar-refractivity contribution in [1.82, 2.24) is 9.88 Å². The highest BCUT2D eigenvalue weighted by Crippen LogP contribution is 2.12. The highest BCUT2D eigenvalue weighted by atomic mass is 16.5. The van der Waals surface area contributed by atoms with E-state index in [1.54, 1.807) is 14.2 Å². The van der Waals surface area contributed by atoms with Crippen LogP contribution in [0.5, 0.6) is 0 Å². The average Bonchev–Trinajstić information content (AvgIpc) is 2.50. The molecule has 0 saturated heterocycles. The predicted molar refractivity (Wildman–Crippen MR) is 86.6 cm³/mol. The summed E-state index contributed by atoms with van der Waals surface area (Å²) in [5, 5.41) is 3.40. The first-order valence-electron chi connectivity index (χ1n) is 7.62. The van der Waals surface area contributed by atoms with Crippen LogP contribution < -0.4 is 5.32 Å². The topological polar surface area (TPSA) is 46.6 Å². The zero-order chi connectivity index (χ0) is 15.5. The van der Waals surface area contributed by atoms with Crippen LogP contribution in [0.25, 0.3) is 0 Å². The minimum Gasteiger partial charge on any atom is -0.385 e. The Morgan fingerprint density at radius 2 is 2.14 bits per heavy atom. The van der Waals surface area contributed by atoms with E-state index < -0.39 is 0 Å². The minimum absolute atomic E-state index is 0.333. The largest absolute Gasteiger partial charge is 0.385 e. The highest BCUT2D eigenvalue weighted by Gasteiger charge is 2.14. The van der Waals surface area contributed by atoms with E-state index in [4.69, 9.17) is 9.47 Å². The number of anilines is 1. The fourth-order valence-corrected chi connectivity index (χ4v) is 2.16. The van der Waals surface area contributed by atoms with Crippen molar-refractivity contribution in [3.05, 3.63) is 24.0 Å². The summed E-state index contributed by atoms with van der Waals surface area (Å²) in [4.78, 5) is 6.81. The van der Waals surface area contributed by atoms with Gasteiger partial charge in [0.05, 0.1) is 18.9 Å². The Bertz CT molecular complexity index is 388. The minimum atomic E-state index is 0.333. The third-order valence-electron chi connectivity index (χ3n) is 3.37. The third-order valence-corrected chi connectivity index (χ3v) is 3.37. The summed E-state index contributed by atoms with van der Waals surface area (Å²) in [6.07, 6.45) is 2.98. The standard InChI is InChI=1S/C16H29N3O2/c1-5-7-17-15-6-8-18-16(11-15)12-19(9-10-20-3)14(2)13-21-4/h6,8,11,14H,5,7,9-10,12-13H2,1-4H3,(H,17,18). The maximum Gasteiger partial charge on any atom is 0.0615 e. The molecule has 1 N–H and O–H groups in total. The monoisotopic (exact) mass is 295 g/mol. The number of methoxy groups -OCH3 is 2. The van der Waals surface area contributed by atoms with Gasteiger partial charge in [-0.25, -0.2) is 0 Å². The molecule has 0 aliphatic heterocycles. The molecule has 1 aromatic heterocycles. The van der Waals surface area contributed by atoms with Gasteiger partial charge in [0.25, 0.3) is 0 Å². The van der Waals surface area contributed by atoms with Gasteiger partial charge in [0.2, 0.25) is 0 Å². The van der Waals surface area contributed by atoms with Gasteiger partial charge in [-0.05, 0) is 25.5 Å². The van der Waals surface area contributed by atoms with Crippen molar-refractivity contribution in [3.8, 4) is 0 Å². The first-order valence-corrected chi connectivity index (χ1v) is 7.62. The van der Waals surface area contributed by atoms with Crippen LogP contribution in [0, 0.1) is 0 Å².